The zero-order chi connectivity index (χ0) is 22.7. The van der Waals surface area contributed by atoms with Crippen LogP contribution in [-0.2, 0) is 14.8 Å². The van der Waals surface area contributed by atoms with Crippen molar-refractivity contribution >= 4 is 39.3 Å². The maximum Gasteiger partial charge on any atom is 0.248 e. The minimum Gasteiger partial charge on any atom is -0.493 e. The molecule has 1 amide bonds. The van der Waals surface area contributed by atoms with Crippen LogP contribution in [0.25, 0.3) is 6.08 Å². The van der Waals surface area contributed by atoms with Crippen molar-refractivity contribution in [2.45, 2.75) is 17.7 Å². The molecule has 0 unspecified atom stereocenters. The standard InChI is InChI=1S/C22H23ClN2O6S/c1-29-18-12-15(13-19-22(18)31-11-10-30-19)4-7-21(26)24-16-5-6-17(23)20(14-16)32(27,28)25-8-2-3-9-25/h4-7,12-14H,2-3,8-11H2,1H3,(H,24,26)/b7-4+. The first-order chi connectivity index (χ1) is 15.4. The van der Waals surface area contributed by atoms with Crippen LogP contribution in [0.3, 0.4) is 0 Å². The molecule has 4 rings (SSSR count). The average Bonchev–Trinajstić information content (AvgIpc) is 3.34. The number of methoxy groups -OCH3 is 1. The first kappa shape index (κ1) is 22.4. The summed E-state index contributed by atoms with van der Waals surface area (Å²) in [6.07, 6.45) is 4.59. The summed E-state index contributed by atoms with van der Waals surface area (Å²) in [7, 11) is -2.18. The highest BCUT2D eigenvalue weighted by molar-refractivity contribution is 7.89. The molecule has 0 aliphatic carbocycles. The van der Waals surface area contributed by atoms with Crippen molar-refractivity contribution in [2.24, 2.45) is 0 Å². The molecule has 32 heavy (non-hydrogen) atoms. The van der Waals surface area contributed by atoms with Crippen LogP contribution >= 0.6 is 11.6 Å². The smallest absolute Gasteiger partial charge is 0.248 e. The molecule has 8 nitrogen and oxygen atoms in total. The second-order valence-electron chi connectivity index (χ2n) is 7.33. The number of hydrogen-bond donors (Lipinski definition) is 1. The third-order valence-corrected chi connectivity index (χ3v) is 7.54. The molecule has 1 N–H and O–H groups in total. The Balaban J connectivity index is 1.51. The highest BCUT2D eigenvalue weighted by Crippen LogP contribution is 2.40. The van der Waals surface area contributed by atoms with Gasteiger partial charge in [-0.25, -0.2) is 8.42 Å². The molecule has 0 atom stereocenters. The van der Waals surface area contributed by atoms with Crippen LogP contribution in [0, 0.1) is 0 Å². The minimum atomic E-state index is -3.71. The zero-order valence-electron chi connectivity index (χ0n) is 17.5. The van der Waals surface area contributed by atoms with Gasteiger partial charge in [-0.2, -0.15) is 4.31 Å². The van der Waals surface area contributed by atoms with Gasteiger partial charge < -0.3 is 19.5 Å². The molecule has 2 heterocycles. The molecule has 10 heteroatoms. The number of carbonyl (C=O) groups is 1. The highest BCUT2D eigenvalue weighted by atomic mass is 35.5. The molecule has 0 saturated carbocycles. The highest BCUT2D eigenvalue weighted by Gasteiger charge is 2.29. The zero-order valence-corrected chi connectivity index (χ0v) is 19.0. The predicted molar refractivity (Wildman–Crippen MR) is 121 cm³/mol. The number of sulfonamides is 1. The summed E-state index contributed by atoms with van der Waals surface area (Å²) in [5, 5.41) is 2.80. The van der Waals surface area contributed by atoms with Crippen LogP contribution in [0.4, 0.5) is 5.69 Å². The molecular weight excluding hydrogens is 456 g/mol. The van der Waals surface area contributed by atoms with Gasteiger partial charge in [0.1, 0.15) is 18.1 Å². The van der Waals surface area contributed by atoms with Crippen molar-refractivity contribution in [3.05, 3.63) is 47.0 Å². The number of rotatable bonds is 6. The van der Waals surface area contributed by atoms with Crippen molar-refractivity contribution in [1.82, 2.24) is 4.31 Å². The maximum absolute atomic E-state index is 12.9. The Morgan fingerprint density at radius 1 is 1.16 bits per heavy atom. The van der Waals surface area contributed by atoms with Gasteiger partial charge in [-0.15, -0.1) is 0 Å². The van der Waals surface area contributed by atoms with Crippen LogP contribution in [0.5, 0.6) is 17.2 Å². The lowest BCUT2D eigenvalue weighted by Gasteiger charge is -2.20. The van der Waals surface area contributed by atoms with E-state index in [4.69, 9.17) is 25.8 Å². The number of fused-ring (bicyclic) bond motifs is 1. The summed E-state index contributed by atoms with van der Waals surface area (Å²) in [6.45, 7) is 1.81. The second-order valence-corrected chi connectivity index (χ2v) is 9.64. The molecule has 2 aliphatic rings. The van der Waals surface area contributed by atoms with Crippen LogP contribution in [-0.4, -0.2) is 52.0 Å². The lowest BCUT2D eigenvalue weighted by Crippen LogP contribution is -2.28. The Morgan fingerprint density at radius 2 is 1.91 bits per heavy atom. The van der Waals surface area contributed by atoms with Gasteiger partial charge in [-0.05, 0) is 54.8 Å². The number of anilines is 1. The third-order valence-electron chi connectivity index (χ3n) is 5.16. The van der Waals surface area contributed by atoms with Gasteiger partial charge in [0.15, 0.2) is 11.5 Å². The molecule has 0 aromatic heterocycles. The Labute approximate surface area is 191 Å². The maximum atomic E-state index is 12.9. The largest absolute Gasteiger partial charge is 0.493 e. The Hall–Kier alpha value is -2.75. The van der Waals surface area contributed by atoms with E-state index in [1.807, 2.05) is 0 Å². The van der Waals surface area contributed by atoms with Crippen molar-refractivity contribution in [1.29, 1.82) is 0 Å². The van der Waals surface area contributed by atoms with Crippen LogP contribution in [0.15, 0.2) is 41.3 Å². The first-order valence-electron chi connectivity index (χ1n) is 10.1. The Morgan fingerprint density at radius 3 is 2.66 bits per heavy atom. The van der Waals surface area contributed by atoms with E-state index < -0.39 is 15.9 Å². The third kappa shape index (κ3) is 4.69. The lowest BCUT2D eigenvalue weighted by molar-refractivity contribution is -0.111. The number of amides is 1. The number of ether oxygens (including phenoxy) is 3. The molecule has 2 aromatic carbocycles. The molecule has 1 saturated heterocycles. The van der Waals surface area contributed by atoms with Crippen molar-refractivity contribution in [3.8, 4) is 17.2 Å². The molecule has 170 valence electrons. The predicted octanol–water partition coefficient (Wildman–Crippen LogP) is 3.56. The summed E-state index contributed by atoms with van der Waals surface area (Å²) in [4.78, 5) is 12.4. The van der Waals surface area contributed by atoms with E-state index in [0.717, 1.165) is 12.8 Å². The number of halogens is 1. The Kier molecular flexibility index (Phi) is 6.59. The lowest BCUT2D eigenvalue weighted by atomic mass is 10.1. The summed E-state index contributed by atoms with van der Waals surface area (Å²) < 4.78 is 43.6. The normalized spacial score (nSPS) is 16.3. The number of nitrogens with zero attached hydrogens (tertiary/aromatic N) is 1. The van der Waals surface area contributed by atoms with E-state index in [1.165, 1.54) is 29.6 Å². The minimum absolute atomic E-state index is 0.0144. The number of nitrogens with one attached hydrogen (secondary N) is 1. The summed E-state index contributed by atoms with van der Waals surface area (Å²) in [5.41, 5.74) is 1.02. The van der Waals surface area contributed by atoms with Crippen molar-refractivity contribution in [2.75, 3.05) is 38.7 Å². The number of benzene rings is 2. The number of hydrogen-bond acceptors (Lipinski definition) is 6. The molecule has 0 spiro atoms. The molecule has 0 bridgehead atoms. The molecule has 2 aromatic rings. The summed E-state index contributed by atoms with van der Waals surface area (Å²) in [5.74, 6) is 1.17. The molecule has 1 fully saturated rings. The van der Waals surface area contributed by atoms with Crippen molar-refractivity contribution < 1.29 is 27.4 Å². The van der Waals surface area contributed by atoms with Gasteiger partial charge in [0.2, 0.25) is 21.7 Å². The second kappa shape index (κ2) is 9.40. The SMILES string of the molecule is COc1cc(/C=C/C(=O)Nc2ccc(Cl)c(S(=O)(=O)N3CCCC3)c2)cc2c1OCCO2. The average molecular weight is 479 g/mol. The molecule has 0 radical (unpaired) electrons. The van der Waals surface area contributed by atoms with E-state index in [9.17, 15) is 13.2 Å². The Bertz CT molecular complexity index is 1140. The quantitative estimate of drug-likeness (QED) is 0.638. The van der Waals surface area contributed by atoms with Crippen LogP contribution in [0.2, 0.25) is 5.02 Å². The van der Waals surface area contributed by atoms with E-state index in [-0.39, 0.29) is 9.92 Å². The summed E-state index contributed by atoms with van der Waals surface area (Å²) in [6, 6.07) is 7.90. The fraction of sp³-hybridized carbons (Fsp3) is 0.318. The summed E-state index contributed by atoms with van der Waals surface area (Å²) >= 11 is 6.16. The first-order valence-corrected chi connectivity index (χ1v) is 12.0. The van der Waals surface area contributed by atoms with Gasteiger partial charge in [-0.3, -0.25) is 4.79 Å². The van der Waals surface area contributed by atoms with E-state index in [2.05, 4.69) is 5.32 Å². The topological polar surface area (TPSA) is 94.2 Å². The van der Waals surface area contributed by atoms with Gasteiger partial charge in [0.05, 0.1) is 12.1 Å². The van der Waals surface area contributed by atoms with Gasteiger partial charge in [0.25, 0.3) is 0 Å². The van der Waals surface area contributed by atoms with E-state index in [1.54, 1.807) is 24.3 Å². The van der Waals surface area contributed by atoms with Gasteiger partial charge >= 0.3 is 0 Å². The van der Waals surface area contributed by atoms with E-state index >= 15 is 0 Å². The molecule has 2 aliphatic heterocycles. The van der Waals surface area contributed by atoms with Gasteiger partial charge in [-0.1, -0.05) is 11.6 Å². The number of carbonyl (C=O) groups excluding carboxylic acids is 1. The van der Waals surface area contributed by atoms with Crippen LogP contribution in [0.1, 0.15) is 18.4 Å². The fourth-order valence-corrected chi connectivity index (χ4v) is 5.61. The fourth-order valence-electron chi connectivity index (χ4n) is 3.59. The van der Waals surface area contributed by atoms with Crippen molar-refractivity contribution in [3.63, 3.8) is 0 Å². The molecular formula is C22H23ClN2O6S. The monoisotopic (exact) mass is 478 g/mol. The van der Waals surface area contributed by atoms with E-state index in [0.29, 0.717) is 54.8 Å². The van der Waals surface area contributed by atoms with Crippen LogP contribution < -0.4 is 19.5 Å². The van der Waals surface area contributed by atoms with Gasteiger partial charge in [0, 0.05) is 24.9 Å².